The number of hydrogen-bond acceptors (Lipinski definition) is 2. The summed E-state index contributed by atoms with van der Waals surface area (Å²) in [4.78, 5) is 14.0. The first-order valence-corrected chi connectivity index (χ1v) is 6.27. The van der Waals surface area contributed by atoms with E-state index in [2.05, 4.69) is 0 Å². The largest absolute Gasteiger partial charge is 0.506 e. The summed E-state index contributed by atoms with van der Waals surface area (Å²) < 4.78 is 0. The van der Waals surface area contributed by atoms with E-state index in [0.717, 1.165) is 6.54 Å². The lowest BCUT2D eigenvalue weighted by molar-refractivity contribution is 0.0757. The molecule has 92 valence electrons. The fourth-order valence-corrected chi connectivity index (χ4v) is 1.97. The molecule has 1 fully saturated rings. The van der Waals surface area contributed by atoms with Gasteiger partial charge in [0.2, 0.25) is 0 Å². The molecule has 3 nitrogen and oxygen atoms in total. The van der Waals surface area contributed by atoms with Crippen LogP contribution in [0.25, 0.3) is 0 Å². The van der Waals surface area contributed by atoms with Crippen molar-refractivity contribution >= 4 is 17.5 Å². The third-order valence-corrected chi connectivity index (χ3v) is 3.34. The van der Waals surface area contributed by atoms with Crippen molar-refractivity contribution in [2.45, 2.75) is 19.8 Å². The molecule has 1 N–H and O–H groups in total. The van der Waals surface area contributed by atoms with Gasteiger partial charge in [0.05, 0.1) is 5.02 Å². The second-order valence-corrected chi connectivity index (χ2v) is 4.86. The van der Waals surface area contributed by atoms with Crippen LogP contribution in [0.1, 0.15) is 30.1 Å². The molecule has 0 spiro atoms. The molecule has 2 rings (SSSR count). The molecular formula is C13H16ClNO2. The molecule has 1 aliphatic rings. The summed E-state index contributed by atoms with van der Waals surface area (Å²) in [5.74, 6) is 0.668. The molecule has 0 aliphatic heterocycles. The highest BCUT2D eigenvalue weighted by Gasteiger charge is 2.26. The number of amides is 1. The molecule has 1 aliphatic carbocycles. The van der Waals surface area contributed by atoms with Crippen molar-refractivity contribution in [1.82, 2.24) is 4.90 Å². The first-order chi connectivity index (χ1) is 8.11. The number of aromatic hydroxyl groups is 1. The van der Waals surface area contributed by atoms with Crippen LogP contribution in [-0.2, 0) is 0 Å². The minimum Gasteiger partial charge on any atom is -0.506 e. The molecule has 4 heteroatoms. The van der Waals surface area contributed by atoms with E-state index in [0.29, 0.717) is 18.0 Å². The summed E-state index contributed by atoms with van der Waals surface area (Å²) in [6.07, 6.45) is 2.44. The van der Waals surface area contributed by atoms with Crippen molar-refractivity contribution in [2.75, 3.05) is 13.1 Å². The minimum absolute atomic E-state index is 0.00783. The van der Waals surface area contributed by atoms with E-state index in [4.69, 9.17) is 11.6 Å². The van der Waals surface area contributed by atoms with Gasteiger partial charge in [-0.1, -0.05) is 11.6 Å². The van der Waals surface area contributed by atoms with Crippen LogP contribution in [-0.4, -0.2) is 29.0 Å². The van der Waals surface area contributed by atoms with Crippen molar-refractivity contribution in [3.05, 3.63) is 28.8 Å². The average Bonchev–Trinajstić information content (AvgIpc) is 3.12. The first kappa shape index (κ1) is 12.2. The van der Waals surface area contributed by atoms with Crippen molar-refractivity contribution in [3.63, 3.8) is 0 Å². The highest BCUT2D eigenvalue weighted by Crippen LogP contribution is 2.30. The van der Waals surface area contributed by atoms with Gasteiger partial charge in [0.25, 0.3) is 5.91 Å². The zero-order valence-corrected chi connectivity index (χ0v) is 10.6. The summed E-state index contributed by atoms with van der Waals surface area (Å²) in [6.45, 7) is 3.50. The summed E-state index contributed by atoms with van der Waals surface area (Å²) in [5.41, 5.74) is 0.537. The van der Waals surface area contributed by atoms with Crippen LogP contribution < -0.4 is 0 Å². The maximum atomic E-state index is 12.2. The van der Waals surface area contributed by atoms with Gasteiger partial charge in [-0.3, -0.25) is 4.79 Å². The molecule has 0 heterocycles. The summed E-state index contributed by atoms with van der Waals surface area (Å²) in [7, 11) is 0. The number of phenols is 1. The Balaban J connectivity index is 2.12. The van der Waals surface area contributed by atoms with Crippen molar-refractivity contribution < 1.29 is 9.90 Å². The van der Waals surface area contributed by atoms with Crippen LogP contribution in [0.3, 0.4) is 0 Å². The number of halogens is 1. The quantitative estimate of drug-likeness (QED) is 0.896. The Kier molecular flexibility index (Phi) is 3.57. The molecule has 0 saturated heterocycles. The Labute approximate surface area is 106 Å². The van der Waals surface area contributed by atoms with Crippen LogP contribution in [0.5, 0.6) is 5.75 Å². The number of benzene rings is 1. The Bertz CT molecular complexity index is 429. The van der Waals surface area contributed by atoms with Gasteiger partial charge in [0, 0.05) is 18.7 Å². The number of nitrogens with zero attached hydrogens (tertiary/aromatic N) is 1. The summed E-state index contributed by atoms with van der Waals surface area (Å²) >= 11 is 5.80. The smallest absolute Gasteiger partial charge is 0.253 e. The Hall–Kier alpha value is -1.22. The van der Waals surface area contributed by atoms with Crippen LogP contribution in [0, 0.1) is 5.92 Å². The molecule has 1 aromatic rings. The fraction of sp³-hybridized carbons (Fsp3) is 0.462. The average molecular weight is 254 g/mol. The second kappa shape index (κ2) is 4.96. The molecule has 0 radical (unpaired) electrons. The Morgan fingerprint density at radius 2 is 2.24 bits per heavy atom. The fourth-order valence-electron chi connectivity index (χ4n) is 1.79. The number of rotatable bonds is 4. The maximum Gasteiger partial charge on any atom is 0.253 e. The van der Waals surface area contributed by atoms with E-state index in [1.165, 1.54) is 25.0 Å². The first-order valence-electron chi connectivity index (χ1n) is 5.89. The molecule has 0 bridgehead atoms. The predicted molar refractivity (Wildman–Crippen MR) is 67.4 cm³/mol. The molecule has 0 unspecified atom stereocenters. The number of phenolic OH excluding ortho intramolecular Hbond substituents is 1. The lowest BCUT2D eigenvalue weighted by Crippen LogP contribution is -2.32. The van der Waals surface area contributed by atoms with E-state index in [1.807, 2.05) is 11.8 Å². The monoisotopic (exact) mass is 253 g/mol. The summed E-state index contributed by atoms with van der Waals surface area (Å²) in [6, 6.07) is 4.59. The van der Waals surface area contributed by atoms with E-state index in [-0.39, 0.29) is 16.7 Å². The van der Waals surface area contributed by atoms with Crippen LogP contribution in [0.2, 0.25) is 5.02 Å². The topological polar surface area (TPSA) is 40.5 Å². The normalized spacial score (nSPS) is 14.7. The molecule has 0 aromatic heterocycles. The second-order valence-electron chi connectivity index (χ2n) is 4.45. The van der Waals surface area contributed by atoms with E-state index < -0.39 is 0 Å². The van der Waals surface area contributed by atoms with Gasteiger partial charge in [-0.2, -0.15) is 0 Å². The predicted octanol–water partition coefficient (Wildman–Crippen LogP) is 2.92. The van der Waals surface area contributed by atoms with Gasteiger partial charge >= 0.3 is 0 Å². The molecule has 0 atom stereocenters. The van der Waals surface area contributed by atoms with Crippen LogP contribution >= 0.6 is 11.6 Å². The molecule has 1 saturated carbocycles. The minimum atomic E-state index is -0.0127. The summed E-state index contributed by atoms with van der Waals surface area (Å²) in [5, 5.41) is 9.54. The van der Waals surface area contributed by atoms with Gasteiger partial charge in [-0.15, -0.1) is 0 Å². The van der Waals surface area contributed by atoms with Gasteiger partial charge in [-0.25, -0.2) is 0 Å². The van der Waals surface area contributed by atoms with E-state index in [9.17, 15) is 9.90 Å². The molecule has 1 amide bonds. The van der Waals surface area contributed by atoms with Gasteiger partial charge in [0.1, 0.15) is 5.75 Å². The lowest BCUT2D eigenvalue weighted by Gasteiger charge is -2.20. The van der Waals surface area contributed by atoms with Gasteiger partial charge < -0.3 is 10.0 Å². The Morgan fingerprint density at radius 1 is 1.53 bits per heavy atom. The standard InChI is InChI=1S/C13H16ClNO2/c1-2-15(8-9-3-4-9)13(17)10-5-6-12(16)11(14)7-10/h5-7,9,16H,2-4,8H2,1H3. The number of carbonyl (C=O) groups excluding carboxylic acids is 1. The third-order valence-electron chi connectivity index (χ3n) is 3.04. The van der Waals surface area contributed by atoms with Gasteiger partial charge in [-0.05, 0) is 43.9 Å². The third kappa shape index (κ3) is 2.91. The Morgan fingerprint density at radius 3 is 2.76 bits per heavy atom. The maximum absolute atomic E-state index is 12.2. The van der Waals surface area contributed by atoms with Gasteiger partial charge in [0.15, 0.2) is 0 Å². The highest BCUT2D eigenvalue weighted by molar-refractivity contribution is 6.32. The number of hydrogen-bond donors (Lipinski definition) is 1. The van der Waals surface area contributed by atoms with E-state index >= 15 is 0 Å². The lowest BCUT2D eigenvalue weighted by atomic mass is 10.2. The SMILES string of the molecule is CCN(CC1CC1)C(=O)c1ccc(O)c(Cl)c1. The highest BCUT2D eigenvalue weighted by atomic mass is 35.5. The molecular weight excluding hydrogens is 238 g/mol. The van der Waals surface area contributed by atoms with E-state index in [1.54, 1.807) is 6.07 Å². The molecule has 1 aromatic carbocycles. The van der Waals surface area contributed by atoms with Crippen molar-refractivity contribution in [2.24, 2.45) is 5.92 Å². The van der Waals surface area contributed by atoms with Crippen molar-refractivity contribution in [1.29, 1.82) is 0 Å². The zero-order chi connectivity index (χ0) is 12.4. The number of carbonyl (C=O) groups is 1. The molecule has 17 heavy (non-hydrogen) atoms. The van der Waals surface area contributed by atoms with Crippen LogP contribution in [0.4, 0.5) is 0 Å². The van der Waals surface area contributed by atoms with Crippen LogP contribution in [0.15, 0.2) is 18.2 Å². The zero-order valence-electron chi connectivity index (χ0n) is 9.82. The van der Waals surface area contributed by atoms with Crippen molar-refractivity contribution in [3.8, 4) is 5.75 Å².